The van der Waals surface area contributed by atoms with Gasteiger partial charge in [-0.05, 0) is 62.8 Å². The number of methoxy groups -OCH3 is 1. The minimum atomic E-state index is -1.38. The normalized spacial score (nSPS) is 18.0. The Hall–Kier alpha value is -3.00. The Morgan fingerprint density at radius 1 is 1.06 bits per heavy atom. The molecular formula is C26H31NO6S. The molecule has 1 aliphatic rings. The Morgan fingerprint density at radius 2 is 1.65 bits per heavy atom. The number of hydrogen-bond acceptors (Lipinski definition) is 6. The lowest BCUT2D eigenvalue weighted by atomic mass is 9.82. The number of Topliss-reactive ketones (excluding diaryl/α,β-unsaturated/α-hetero) is 1. The maximum absolute atomic E-state index is 13.5. The number of nitrogens with zero attached hydrogens (tertiary/aromatic N) is 1. The molecule has 3 rings (SSSR count). The number of ether oxygens (including phenoxy) is 2. The number of hydrogen-bond donors (Lipinski definition) is 1. The van der Waals surface area contributed by atoms with E-state index in [1.165, 1.54) is 21.0 Å². The van der Waals surface area contributed by atoms with Crippen LogP contribution in [0.25, 0.3) is 0 Å². The highest BCUT2D eigenvalue weighted by Gasteiger charge is 2.41. The largest absolute Gasteiger partial charge is 0.478 e. The number of rotatable bonds is 7. The Kier molecular flexibility index (Phi) is 7.60. The molecule has 0 aromatic heterocycles. The van der Waals surface area contributed by atoms with Gasteiger partial charge in [-0.25, -0.2) is 9.59 Å². The molecule has 0 bridgehead atoms. The third-order valence-corrected chi connectivity index (χ3v) is 6.99. The Bertz CT molecular complexity index is 1070. The molecule has 0 spiro atoms. The quantitative estimate of drug-likeness (QED) is 0.439. The van der Waals surface area contributed by atoms with Crippen LogP contribution < -0.4 is 4.74 Å². The zero-order chi connectivity index (χ0) is 25.2. The molecule has 2 aromatic carbocycles. The van der Waals surface area contributed by atoms with Crippen molar-refractivity contribution in [1.82, 2.24) is 4.90 Å². The minimum Gasteiger partial charge on any atom is -0.478 e. The summed E-state index contributed by atoms with van der Waals surface area (Å²) in [5.41, 5.74) is 1.68. The number of aryl methyl sites for hydroxylation is 2. The number of carbonyl (C=O) groups is 3. The van der Waals surface area contributed by atoms with Gasteiger partial charge in [-0.15, -0.1) is 11.8 Å². The van der Waals surface area contributed by atoms with Crippen molar-refractivity contribution in [3.8, 4) is 5.75 Å². The molecule has 182 valence electrons. The molecule has 1 N–H and O–H groups in total. The van der Waals surface area contributed by atoms with Gasteiger partial charge in [-0.1, -0.05) is 24.3 Å². The zero-order valence-electron chi connectivity index (χ0n) is 20.4. The van der Waals surface area contributed by atoms with Crippen LogP contribution in [0, 0.1) is 19.8 Å². The number of aliphatic carboxylic acids is 1. The molecule has 0 saturated carbocycles. The van der Waals surface area contributed by atoms with E-state index < -0.39 is 23.6 Å². The summed E-state index contributed by atoms with van der Waals surface area (Å²) >= 11 is 1.61. The summed E-state index contributed by atoms with van der Waals surface area (Å²) in [4.78, 5) is 40.0. The van der Waals surface area contributed by atoms with E-state index in [0.717, 1.165) is 21.6 Å². The van der Waals surface area contributed by atoms with Gasteiger partial charge >= 0.3 is 12.1 Å². The van der Waals surface area contributed by atoms with E-state index in [4.69, 9.17) is 9.47 Å². The first-order valence-electron chi connectivity index (χ1n) is 11.0. The van der Waals surface area contributed by atoms with Crippen LogP contribution in [0.2, 0.25) is 0 Å². The molecule has 2 aromatic rings. The summed E-state index contributed by atoms with van der Waals surface area (Å²) in [5.74, 6) is -1.23. The van der Waals surface area contributed by atoms with Gasteiger partial charge < -0.3 is 19.5 Å². The fraction of sp³-hybridized carbons (Fsp3) is 0.423. The van der Waals surface area contributed by atoms with Gasteiger partial charge in [0.25, 0.3) is 0 Å². The van der Waals surface area contributed by atoms with Crippen molar-refractivity contribution in [1.29, 1.82) is 0 Å². The highest BCUT2D eigenvalue weighted by molar-refractivity contribution is 7.98. The predicted molar refractivity (Wildman–Crippen MR) is 131 cm³/mol. The van der Waals surface area contributed by atoms with Crippen LogP contribution in [-0.2, 0) is 9.53 Å². The molecule has 7 nitrogen and oxygen atoms in total. The molecule has 1 fully saturated rings. The van der Waals surface area contributed by atoms with Crippen LogP contribution in [-0.4, -0.2) is 59.9 Å². The van der Waals surface area contributed by atoms with Crippen molar-refractivity contribution in [3.05, 3.63) is 58.7 Å². The van der Waals surface area contributed by atoms with Crippen molar-refractivity contribution < 1.29 is 29.0 Å². The second-order valence-electron chi connectivity index (χ2n) is 9.08. The van der Waals surface area contributed by atoms with E-state index in [-0.39, 0.29) is 18.2 Å². The van der Waals surface area contributed by atoms with E-state index in [1.807, 2.05) is 56.5 Å². The van der Waals surface area contributed by atoms with E-state index in [0.29, 0.717) is 17.9 Å². The summed E-state index contributed by atoms with van der Waals surface area (Å²) in [6, 6.07) is 11.3. The van der Waals surface area contributed by atoms with Gasteiger partial charge in [0.05, 0.1) is 7.11 Å². The highest BCUT2D eigenvalue weighted by Crippen LogP contribution is 2.39. The average molecular weight is 486 g/mol. The van der Waals surface area contributed by atoms with Gasteiger partial charge in [0, 0.05) is 35.4 Å². The highest BCUT2D eigenvalue weighted by atomic mass is 32.2. The zero-order valence-corrected chi connectivity index (χ0v) is 21.2. The summed E-state index contributed by atoms with van der Waals surface area (Å²) in [5, 5.41) is 9.44. The summed E-state index contributed by atoms with van der Waals surface area (Å²) in [7, 11) is 1.33. The molecule has 1 amide bonds. The number of carboxylic acid groups (broad SMARTS) is 1. The van der Waals surface area contributed by atoms with Crippen molar-refractivity contribution in [2.75, 3.05) is 26.5 Å². The molecule has 0 unspecified atom stereocenters. The predicted octanol–water partition coefficient (Wildman–Crippen LogP) is 4.93. The van der Waals surface area contributed by atoms with Crippen LogP contribution >= 0.6 is 11.8 Å². The van der Waals surface area contributed by atoms with Gasteiger partial charge in [-0.2, -0.15) is 0 Å². The van der Waals surface area contributed by atoms with Crippen molar-refractivity contribution in [2.45, 2.75) is 44.1 Å². The molecule has 8 heteroatoms. The lowest BCUT2D eigenvalue weighted by Gasteiger charge is -2.26. The van der Waals surface area contributed by atoms with E-state index in [1.54, 1.807) is 16.7 Å². The van der Waals surface area contributed by atoms with Crippen molar-refractivity contribution >= 4 is 29.6 Å². The molecule has 1 saturated heterocycles. The number of carboxylic acids is 1. The Labute approximate surface area is 204 Å². The Balaban J connectivity index is 1.97. The average Bonchev–Trinajstić information content (AvgIpc) is 3.25. The molecular weight excluding hydrogens is 454 g/mol. The maximum atomic E-state index is 13.5. The number of benzene rings is 2. The van der Waals surface area contributed by atoms with Crippen LogP contribution in [0.3, 0.4) is 0 Å². The second-order valence-corrected chi connectivity index (χ2v) is 9.96. The molecule has 0 radical (unpaired) electrons. The first-order chi connectivity index (χ1) is 16.0. The number of amides is 1. The number of likely N-dealkylation sites (tertiary alicyclic amines) is 1. The van der Waals surface area contributed by atoms with Crippen LogP contribution in [0.4, 0.5) is 4.79 Å². The number of thioether (sulfide) groups is 1. The third-order valence-electron chi connectivity index (χ3n) is 6.25. The SMILES string of the molecule is COC(=O)N1C[C@@H](C(=O)c2ccc(SC)cc2)[C@H](c2cc(C)c(OC(C)(C)C(=O)O)c(C)c2)C1. The van der Waals surface area contributed by atoms with E-state index >= 15 is 0 Å². The summed E-state index contributed by atoms with van der Waals surface area (Å²) in [6.07, 6.45) is 1.52. The van der Waals surface area contributed by atoms with Gasteiger partial charge in [0.1, 0.15) is 5.75 Å². The van der Waals surface area contributed by atoms with Crippen molar-refractivity contribution in [2.24, 2.45) is 5.92 Å². The second kappa shape index (κ2) is 10.1. The summed E-state index contributed by atoms with van der Waals surface area (Å²) < 4.78 is 10.8. The van der Waals surface area contributed by atoms with Gasteiger partial charge in [-0.3, -0.25) is 4.79 Å². The molecule has 2 atom stereocenters. The topological polar surface area (TPSA) is 93.1 Å². The molecule has 34 heavy (non-hydrogen) atoms. The van der Waals surface area contributed by atoms with E-state index in [2.05, 4.69) is 0 Å². The minimum absolute atomic E-state index is 0.0216. The van der Waals surface area contributed by atoms with Crippen molar-refractivity contribution in [3.63, 3.8) is 0 Å². The smallest absolute Gasteiger partial charge is 0.409 e. The van der Waals surface area contributed by atoms with E-state index in [9.17, 15) is 19.5 Å². The maximum Gasteiger partial charge on any atom is 0.409 e. The molecule has 1 aliphatic heterocycles. The lowest BCUT2D eigenvalue weighted by molar-refractivity contribution is -0.152. The fourth-order valence-electron chi connectivity index (χ4n) is 4.31. The Morgan fingerprint density at radius 3 is 2.15 bits per heavy atom. The lowest BCUT2D eigenvalue weighted by Crippen LogP contribution is -2.38. The van der Waals surface area contributed by atoms with Gasteiger partial charge in [0.2, 0.25) is 0 Å². The number of carbonyl (C=O) groups excluding carboxylic acids is 2. The van der Waals surface area contributed by atoms with Gasteiger partial charge in [0.15, 0.2) is 11.4 Å². The summed E-state index contributed by atoms with van der Waals surface area (Å²) in [6.45, 7) is 7.34. The number of ketones is 1. The molecule has 1 heterocycles. The standard InChI is InChI=1S/C26H31NO6S/c1-15-11-18(12-16(2)23(15)33-26(3,4)24(29)30)20-13-27(25(31)32-5)14-21(20)22(28)17-7-9-19(34-6)10-8-17/h7-12,20-21H,13-14H2,1-6H3,(H,29,30)/t20-,21+/m0/s1. The first kappa shape index (κ1) is 25.6. The van der Waals surface area contributed by atoms with Crippen LogP contribution in [0.1, 0.15) is 46.8 Å². The van der Waals surface area contributed by atoms with Crippen LogP contribution in [0.15, 0.2) is 41.3 Å². The van der Waals surface area contributed by atoms with Crippen LogP contribution in [0.5, 0.6) is 5.75 Å². The molecule has 0 aliphatic carbocycles. The fourth-order valence-corrected chi connectivity index (χ4v) is 4.72. The third kappa shape index (κ3) is 5.22. The monoisotopic (exact) mass is 485 g/mol. The first-order valence-corrected chi connectivity index (χ1v) is 12.3.